The van der Waals surface area contributed by atoms with Gasteiger partial charge in [0, 0.05) is 36.0 Å². The third-order valence-corrected chi connectivity index (χ3v) is 5.97. The molecule has 2 heterocycles. The lowest BCUT2D eigenvalue weighted by Crippen LogP contribution is -2.31. The Kier molecular flexibility index (Phi) is 7.00. The first-order valence-electron chi connectivity index (χ1n) is 10.6. The van der Waals surface area contributed by atoms with Gasteiger partial charge in [-0.2, -0.15) is 0 Å². The lowest BCUT2D eigenvalue weighted by Gasteiger charge is -2.11. The Morgan fingerprint density at radius 3 is 2.73 bits per heavy atom. The van der Waals surface area contributed by atoms with E-state index >= 15 is 0 Å². The van der Waals surface area contributed by atoms with E-state index in [0.717, 1.165) is 16.6 Å². The maximum Gasteiger partial charge on any atom is 0.319 e. The van der Waals surface area contributed by atoms with Gasteiger partial charge in [0.25, 0.3) is 0 Å². The van der Waals surface area contributed by atoms with Crippen molar-refractivity contribution >= 4 is 33.3 Å². The van der Waals surface area contributed by atoms with Gasteiger partial charge in [-0.15, -0.1) is 17.9 Å². The van der Waals surface area contributed by atoms with Gasteiger partial charge in [-0.25, -0.2) is 9.18 Å². The second-order valence-corrected chi connectivity index (χ2v) is 8.47. The maximum atomic E-state index is 14.6. The highest BCUT2D eigenvalue weighted by molar-refractivity contribution is 7.17. The third-order valence-electron chi connectivity index (χ3n) is 5.05. The van der Waals surface area contributed by atoms with Gasteiger partial charge < -0.3 is 15.4 Å². The number of fused-ring (bicyclic) bond motifs is 1. The molecular weight excluding hydrogens is 437 g/mol. The highest BCUT2D eigenvalue weighted by Crippen LogP contribution is 2.40. The molecule has 1 aliphatic carbocycles. The van der Waals surface area contributed by atoms with Crippen LogP contribution in [-0.4, -0.2) is 17.1 Å². The van der Waals surface area contributed by atoms with E-state index in [1.165, 1.54) is 29.0 Å². The fourth-order valence-corrected chi connectivity index (χ4v) is 4.27. The molecule has 1 aliphatic rings. The molecule has 2 aromatic carbocycles. The van der Waals surface area contributed by atoms with E-state index in [2.05, 4.69) is 34.3 Å². The van der Waals surface area contributed by atoms with Crippen molar-refractivity contribution in [2.75, 3.05) is 5.32 Å². The number of ether oxygens (including phenoxy) is 1. The summed E-state index contributed by atoms with van der Waals surface area (Å²) in [4.78, 5) is 16.5. The lowest BCUT2D eigenvalue weighted by atomic mass is 10.1. The number of carbonyl (C=O) groups excluding carboxylic acids is 1. The molecule has 2 N–H and O–H groups in total. The molecule has 2 unspecified atom stereocenters. The summed E-state index contributed by atoms with van der Waals surface area (Å²) >= 11 is 1.49. The fourth-order valence-electron chi connectivity index (χ4n) is 3.47. The maximum absolute atomic E-state index is 14.6. The van der Waals surface area contributed by atoms with Crippen molar-refractivity contribution in [3.63, 3.8) is 0 Å². The molecule has 33 heavy (non-hydrogen) atoms. The first-order valence-corrected chi connectivity index (χ1v) is 11.5. The molecule has 2 atom stereocenters. The average molecular weight is 462 g/mol. The number of benzene rings is 2. The van der Waals surface area contributed by atoms with Crippen LogP contribution in [0.1, 0.15) is 24.8 Å². The zero-order chi connectivity index (χ0) is 23.2. The Labute approximate surface area is 195 Å². The highest BCUT2D eigenvalue weighted by atomic mass is 32.1. The van der Waals surface area contributed by atoms with Crippen LogP contribution < -0.4 is 15.4 Å². The monoisotopic (exact) mass is 461 g/mol. The molecular formula is C26H24FN3O2S. The molecule has 5 nitrogen and oxygen atoms in total. The number of nitrogens with one attached hydrogen (secondary N) is 2. The van der Waals surface area contributed by atoms with Crippen molar-refractivity contribution in [3.8, 4) is 11.5 Å². The summed E-state index contributed by atoms with van der Waals surface area (Å²) in [6.07, 6.45) is 4.28. The molecule has 168 valence electrons. The molecule has 4 aromatic rings. The van der Waals surface area contributed by atoms with E-state index in [9.17, 15) is 9.18 Å². The van der Waals surface area contributed by atoms with Crippen LogP contribution in [0, 0.1) is 5.82 Å². The quantitative estimate of drug-likeness (QED) is 0.312. The summed E-state index contributed by atoms with van der Waals surface area (Å²) in [6, 6.07) is 17.8. The Bertz CT molecular complexity index is 1260. The topological polar surface area (TPSA) is 63.2 Å². The van der Waals surface area contributed by atoms with Gasteiger partial charge in [0.2, 0.25) is 0 Å². The average Bonchev–Trinajstić information content (AvgIpc) is 3.39. The Morgan fingerprint density at radius 1 is 1.18 bits per heavy atom. The number of amides is 2. The molecule has 1 saturated carbocycles. The number of urea groups is 1. The lowest BCUT2D eigenvalue weighted by molar-refractivity contribution is 0.251. The number of allylic oxidation sites excluding steroid dienone is 1. The number of aromatic nitrogens is 1. The summed E-state index contributed by atoms with van der Waals surface area (Å²) in [5, 5.41) is 7.53. The number of pyridine rings is 1. The summed E-state index contributed by atoms with van der Waals surface area (Å²) in [7, 11) is 0. The van der Waals surface area contributed by atoms with Crippen molar-refractivity contribution in [2.24, 2.45) is 0 Å². The van der Waals surface area contributed by atoms with E-state index in [1.54, 1.807) is 24.4 Å². The van der Waals surface area contributed by atoms with Crippen molar-refractivity contribution in [1.29, 1.82) is 0 Å². The van der Waals surface area contributed by atoms with Gasteiger partial charge in [0.05, 0.1) is 10.2 Å². The minimum absolute atomic E-state index is 0.0909. The summed E-state index contributed by atoms with van der Waals surface area (Å²) in [5.41, 5.74) is 2.39. The van der Waals surface area contributed by atoms with Crippen LogP contribution >= 0.6 is 11.3 Å². The highest BCUT2D eigenvalue weighted by Gasteiger charge is 2.39. The fraction of sp³-hybridized carbons (Fsp3) is 0.154. The van der Waals surface area contributed by atoms with Gasteiger partial charge >= 0.3 is 6.03 Å². The molecule has 2 amide bonds. The number of halogens is 1. The second kappa shape index (κ2) is 10.3. The normalized spacial score (nSPS) is 16.3. The van der Waals surface area contributed by atoms with Gasteiger partial charge in [-0.05, 0) is 42.5 Å². The second-order valence-electron chi connectivity index (χ2n) is 7.56. The zero-order valence-electron chi connectivity index (χ0n) is 18.1. The number of carbonyl (C=O) groups is 1. The predicted molar refractivity (Wildman–Crippen MR) is 132 cm³/mol. The van der Waals surface area contributed by atoms with Gasteiger partial charge in [0.1, 0.15) is 5.75 Å². The van der Waals surface area contributed by atoms with Crippen molar-refractivity contribution in [2.45, 2.75) is 25.3 Å². The molecule has 0 bridgehead atoms. The minimum atomic E-state index is -0.553. The van der Waals surface area contributed by atoms with Crippen LogP contribution in [0.5, 0.6) is 11.5 Å². The molecule has 2 aromatic heterocycles. The van der Waals surface area contributed by atoms with Gasteiger partial charge in [0.15, 0.2) is 11.6 Å². The van der Waals surface area contributed by atoms with Crippen molar-refractivity contribution in [1.82, 2.24) is 10.3 Å². The Hall–Kier alpha value is -3.71. The minimum Gasteiger partial charge on any atom is -0.453 e. The van der Waals surface area contributed by atoms with E-state index in [4.69, 9.17) is 4.74 Å². The number of hydrogen-bond donors (Lipinski definition) is 2. The summed E-state index contributed by atoms with van der Waals surface area (Å²) in [5.74, 6) is 0.419. The third kappa shape index (κ3) is 5.56. The number of anilines is 1. The van der Waals surface area contributed by atoms with E-state index in [-0.39, 0.29) is 17.8 Å². The number of rotatable bonds is 5. The van der Waals surface area contributed by atoms with E-state index in [0.29, 0.717) is 17.4 Å². The number of nitrogens with zero attached hydrogens (tertiary/aromatic N) is 1. The Balaban J connectivity index is 0.000000821. The number of hydrogen-bond acceptors (Lipinski definition) is 4. The van der Waals surface area contributed by atoms with Crippen LogP contribution in [-0.2, 0) is 0 Å². The smallest absolute Gasteiger partial charge is 0.319 e. The summed E-state index contributed by atoms with van der Waals surface area (Å²) < 4.78 is 21.2. The predicted octanol–water partition coefficient (Wildman–Crippen LogP) is 7.10. The van der Waals surface area contributed by atoms with Crippen LogP contribution in [0.15, 0.2) is 84.9 Å². The molecule has 5 rings (SSSR count). The molecule has 1 fully saturated rings. The van der Waals surface area contributed by atoms with Crippen LogP contribution in [0.4, 0.5) is 14.9 Å². The molecule has 0 spiro atoms. The van der Waals surface area contributed by atoms with Crippen LogP contribution in [0.25, 0.3) is 10.2 Å². The SMILES string of the molecule is C=CC.O=C(Nc1ccc(Oc2ccnc3ccsc23)c(F)c1)NC1CC1c1ccccc1. The van der Waals surface area contributed by atoms with Gasteiger partial charge in [-0.3, -0.25) is 4.98 Å². The van der Waals surface area contributed by atoms with Crippen LogP contribution in [0.3, 0.4) is 0 Å². The summed E-state index contributed by atoms with van der Waals surface area (Å²) in [6.45, 7) is 5.25. The number of thiophene rings is 1. The molecule has 7 heteroatoms. The Morgan fingerprint density at radius 2 is 1.97 bits per heavy atom. The van der Waals surface area contributed by atoms with E-state index < -0.39 is 5.82 Å². The van der Waals surface area contributed by atoms with Crippen molar-refractivity contribution < 1.29 is 13.9 Å². The van der Waals surface area contributed by atoms with Crippen LogP contribution in [0.2, 0.25) is 0 Å². The van der Waals surface area contributed by atoms with Gasteiger partial charge in [-0.1, -0.05) is 36.4 Å². The van der Waals surface area contributed by atoms with E-state index in [1.807, 2.05) is 36.6 Å². The largest absolute Gasteiger partial charge is 0.453 e. The molecule has 0 saturated heterocycles. The standard InChI is InChI=1S/C23H18FN3O2S.C3H6/c24-17-12-15(26-23(28)27-19-13-16(19)14-4-2-1-3-5-14)6-7-20(17)29-21-8-10-25-18-9-11-30-22(18)21;1-3-2/h1-12,16,19H,13H2,(H2,26,27,28);3H,1H2,2H3. The van der Waals surface area contributed by atoms with Crippen molar-refractivity contribution in [3.05, 3.63) is 96.3 Å². The zero-order valence-corrected chi connectivity index (χ0v) is 18.9. The first-order chi connectivity index (χ1) is 16.1. The molecule has 0 radical (unpaired) electrons. The molecule has 0 aliphatic heterocycles. The first kappa shape index (κ1) is 22.5.